The predicted molar refractivity (Wildman–Crippen MR) is 126 cm³/mol. The number of halogens is 2. The Morgan fingerprint density at radius 1 is 1.13 bits per heavy atom. The summed E-state index contributed by atoms with van der Waals surface area (Å²) in [7, 11) is 2.12. The molecule has 1 saturated heterocycles. The number of rotatable bonds is 4. The predicted octanol–water partition coefficient (Wildman–Crippen LogP) is 4.24. The number of nitrogens with zero attached hydrogens (tertiary/aromatic N) is 4. The molecule has 0 aliphatic carbocycles. The number of aromatic nitrogens is 2. The van der Waals surface area contributed by atoms with E-state index in [-0.39, 0.29) is 5.91 Å². The summed E-state index contributed by atoms with van der Waals surface area (Å²) >= 11 is 3.22. The van der Waals surface area contributed by atoms with Gasteiger partial charge in [0.25, 0.3) is 0 Å². The fraction of sp³-hybridized carbons (Fsp3) is 0.261. The quantitative estimate of drug-likeness (QED) is 0.562. The Morgan fingerprint density at radius 2 is 1.90 bits per heavy atom. The van der Waals surface area contributed by atoms with Gasteiger partial charge in [0.2, 0.25) is 11.9 Å². The van der Waals surface area contributed by atoms with Gasteiger partial charge in [0, 0.05) is 53.4 Å². The van der Waals surface area contributed by atoms with E-state index in [0.717, 1.165) is 48.7 Å². The average Bonchev–Trinajstić information content (AvgIpc) is 2.74. The number of hydrogen-bond acceptors (Lipinski definition) is 5. The maximum absolute atomic E-state index is 13.9. The van der Waals surface area contributed by atoms with Crippen LogP contribution in [-0.4, -0.2) is 54.0 Å². The SMILES string of the molecule is Cc1nc(N2CCN(C)CC2)nc2ccc(NC(=O)/C=C/c3ccc(Br)cc3F)cc12. The first-order valence-electron chi connectivity index (χ1n) is 10.0. The van der Waals surface area contributed by atoms with E-state index in [0.29, 0.717) is 15.7 Å². The second-order valence-electron chi connectivity index (χ2n) is 7.62. The summed E-state index contributed by atoms with van der Waals surface area (Å²) in [4.78, 5) is 26.2. The molecule has 31 heavy (non-hydrogen) atoms. The van der Waals surface area contributed by atoms with Crippen molar-refractivity contribution in [2.24, 2.45) is 0 Å². The molecule has 8 heteroatoms. The zero-order valence-electron chi connectivity index (χ0n) is 17.4. The minimum atomic E-state index is -0.395. The fourth-order valence-corrected chi connectivity index (χ4v) is 3.81. The number of nitrogens with one attached hydrogen (secondary N) is 1. The van der Waals surface area contributed by atoms with Gasteiger partial charge in [0.1, 0.15) is 5.82 Å². The molecule has 3 aromatic rings. The lowest BCUT2D eigenvalue weighted by molar-refractivity contribution is -0.111. The van der Waals surface area contributed by atoms with Gasteiger partial charge < -0.3 is 15.1 Å². The highest BCUT2D eigenvalue weighted by molar-refractivity contribution is 9.10. The van der Waals surface area contributed by atoms with Crippen LogP contribution < -0.4 is 10.2 Å². The Bertz CT molecular complexity index is 1160. The van der Waals surface area contributed by atoms with Crippen LogP contribution >= 0.6 is 15.9 Å². The van der Waals surface area contributed by atoms with E-state index in [1.165, 1.54) is 18.2 Å². The van der Waals surface area contributed by atoms with Gasteiger partial charge >= 0.3 is 0 Å². The van der Waals surface area contributed by atoms with Crippen LogP contribution in [0.1, 0.15) is 11.3 Å². The Labute approximate surface area is 188 Å². The van der Waals surface area contributed by atoms with Crippen LogP contribution in [0.15, 0.2) is 46.9 Å². The molecule has 2 heterocycles. The van der Waals surface area contributed by atoms with Crippen LogP contribution in [0.3, 0.4) is 0 Å². The lowest BCUT2D eigenvalue weighted by Gasteiger charge is -2.32. The third kappa shape index (κ3) is 5.08. The smallest absolute Gasteiger partial charge is 0.248 e. The second-order valence-corrected chi connectivity index (χ2v) is 8.54. The van der Waals surface area contributed by atoms with Crippen molar-refractivity contribution in [3.63, 3.8) is 0 Å². The van der Waals surface area contributed by atoms with Gasteiger partial charge in [-0.25, -0.2) is 14.4 Å². The molecule has 0 saturated carbocycles. The first kappa shape index (κ1) is 21.4. The van der Waals surface area contributed by atoms with E-state index in [2.05, 4.69) is 43.1 Å². The third-order valence-corrected chi connectivity index (χ3v) is 5.80. The van der Waals surface area contributed by atoms with E-state index < -0.39 is 5.82 Å². The van der Waals surface area contributed by atoms with Gasteiger partial charge in [-0.1, -0.05) is 22.0 Å². The molecule has 1 N–H and O–H groups in total. The Kier molecular flexibility index (Phi) is 6.29. The van der Waals surface area contributed by atoms with Gasteiger partial charge in [-0.15, -0.1) is 0 Å². The van der Waals surface area contributed by atoms with Crippen LogP contribution in [0.25, 0.3) is 17.0 Å². The van der Waals surface area contributed by atoms with Crippen molar-refractivity contribution >= 4 is 50.5 Å². The Morgan fingerprint density at radius 3 is 2.65 bits per heavy atom. The molecule has 1 aromatic heterocycles. The van der Waals surface area contributed by atoms with Crippen molar-refractivity contribution in [3.8, 4) is 0 Å². The summed E-state index contributed by atoms with van der Waals surface area (Å²) < 4.78 is 14.5. The van der Waals surface area contributed by atoms with Crippen LogP contribution in [0.5, 0.6) is 0 Å². The summed E-state index contributed by atoms with van der Waals surface area (Å²) in [5.41, 5.74) is 2.68. The lowest BCUT2D eigenvalue weighted by Crippen LogP contribution is -2.45. The molecule has 0 atom stereocenters. The van der Waals surface area contributed by atoms with Gasteiger partial charge in [-0.3, -0.25) is 4.79 Å². The molecular weight excluding hydrogens is 461 g/mol. The maximum atomic E-state index is 13.9. The van der Waals surface area contributed by atoms with E-state index in [4.69, 9.17) is 4.98 Å². The van der Waals surface area contributed by atoms with E-state index in [1.807, 2.05) is 25.1 Å². The Hall–Kier alpha value is -2.84. The number of carbonyl (C=O) groups is 1. The number of likely N-dealkylation sites (N-methyl/N-ethyl adjacent to an activating group) is 1. The highest BCUT2D eigenvalue weighted by atomic mass is 79.9. The van der Waals surface area contributed by atoms with Gasteiger partial charge in [0.15, 0.2) is 0 Å². The first-order chi connectivity index (χ1) is 14.9. The number of benzene rings is 2. The van der Waals surface area contributed by atoms with Gasteiger partial charge in [0.05, 0.1) is 11.2 Å². The van der Waals surface area contributed by atoms with Crippen molar-refractivity contribution < 1.29 is 9.18 Å². The van der Waals surface area contributed by atoms with Crippen molar-refractivity contribution in [1.82, 2.24) is 14.9 Å². The molecule has 1 amide bonds. The number of fused-ring (bicyclic) bond motifs is 1. The van der Waals surface area contributed by atoms with Crippen molar-refractivity contribution in [3.05, 3.63) is 64.0 Å². The molecular formula is C23H23BrFN5O. The minimum absolute atomic E-state index is 0.339. The first-order valence-corrected chi connectivity index (χ1v) is 10.8. The molecule has 160 valence electrons. The highest BCUT2D eigenvalue weighted by Gasteiger charge is 2.17. The second kappa shape index (κ2) is 9.11. The zero-order valence-corrected chi connectivity index (χ0v) is 19.0. The monoisotopic (exact) mass is 483 g/mol. The van der Waals surface area contributed by atoms with Crippen molar-refractivity contribution in [2.75, 3.05) is 43.4 Å². The number of piperazine rings is 1. The highest BCUT2D eigenvalue weighted by Crippen LogP contribution is 2.23. The molecule has 2 aromatic carbocycles. The summed E-state index contributed by atoms with van der Waals surface area (Å²) in [5, 5.41) is 3.70. The van der Waals surface area contributed by atoms with Gasteiger partial charge in [-0.05, 0) is 50.4 Å². The molecule has 0 unspecified atom stereocenters. The van der Waals surface area contributed by atoms with E-state index in [9.17, 15) is 9.18 Å². The topological polar surface area (TPSA) is 61.4 Å². The number of carbonyl (C=O) groups excluding carboxylic acids is 1. The van der Waals surface area contributed by atoms with Crippen molar-refractivity contribution in [1.29, 1.82) is 0 Å². The van der Waals surface area contributed by atoms with E-state index in [1.54, 1.807) is 12.1 Å². The molecule has 1 fully saturated rings. The average molecular weight is 484 g/mol. The van der Waals surface area contributed by atoms with Crippen molar-refractivity contribution in [2.45, 2.75) is 6.92 Å². The molecule has 1 aliphatic heterocycles. The summed E-state index contributed by atoms with van der Waals surface area (Å²) in [6.45, 7) is 5.74. The summed E-state index contributed by atoms with van der Waals surface area (Å²) in [6.07, 6.45) is 2.77. The summed E-state index contributed by atoms with van der Waals surface area (Å²) in [5.74, 6) is 0.0108. The maximum Gasteiger partial charge on any atom is 0.248 e. The van der Waals surface area contributed by atoms with Crippen LogP contribution in [0.4, 0.5) is 16.0 Å². The number of hydrogen-bond donors (Lipinski definition) is 1. The molecule has 0 radical (unpaired) electrons. The molecule has 1 aliphatic rings. The molecule has 6 nitrogen and oxygen atoms in total. The zero-order chi connectivity index (χ0) is 22.0. The molecule has 4 rings (SSSR count). The normalized spacial score (nSPS) is 15.0. The summed E-state index contributed by atoms with van der Waals surface area (Å²) in [6, 6.07) is 10.3. The number of aryl methyl sites for hydroxylation is 1. The number of anilines is 2. The molecule has 0 bridgehead atoms. The largest absolute Gasteiger partial charge is 0.338 e. The standard InChI is InChI=1S/C23H23BrFN5O/c1-15-19-14-18(27-22(31)8-4-16-3-5-17(24)13-20(16)25)6-7-21(19)28-23(26-15)30-11-9-29(2)10-12-30/h3-8,13-14H,9-12H2,1-2H3,(H,27,31)/b8-4+. The van der Waals surface area contributed by atoms with Gasteiger partial charge in [-0.2, -0.15) is 0 Å². The van der Waals surface area contributed by atoms with Crippen LogP contribution in [0.2, 0.25) is 0 Å². The Balaban J connectivity index is 1.49. The minimum Gasteiger partial charge on any atom is -0.338 e. The van der Waals surface area contributed by atoms with Crippen LogP contribution in [0, 0.1) is 12.7 Å². The van der Waals surface area contributed by atoms with Crippen LogP contribution in [-0.2, 0) is 4.79 Å². The number of amides is 1. The lowest BCUT2D eigenvalue weighted by atomic mass is 10.1. The molecule has 0 spiro atoms. The fourth-order valence-electron chi connectivity index (χ4n) is 3.48. The van der Waals surface area contributed by atoms with E-state index >= 15 is 0 Å². The third-order valence-electron chi connectivity index (χ3n) is 5.30.